The van der Waals surface area contributed by atoms with Crippen LogP contribution in [0.25, 0.3) is 0 Å². The lowest BCUT2D eigenvalue weighted by Gasteiger charge is -2.35. The first kappa shape index (κ1) is 16.5. The standard InChI is InChI=1S/C17H23NO4/c1-11-6-12(2)8-14(7-11)4-5-16(19)18-9-13(3)22-15(10-18)17(20)21/h6-8,13,15H,4-5,9-10H2,1-3H3,(H,20,21)/t13-,15?/m1/s1. The summed E-state index contributed by atoms with van der Waals surface area (Å²) in [6.45, 7) is 6.46. The summed E-state index contributed by atoms with van der Waals surface area (Å²) in [5.74, 6) is -1.03. The minimum absolute atomic E-state index is 0.0134. The number of hydrogen-bond donors (Lipinski definition) is 1. The maximum Gasteiger partial charge on any atom is 0.334 e. The van der Waals surface area contributed by atoms with Crippen LogP contribution in [0.1, 0.15) is 30.0 Å². The van der Waals surface area contributed by atoms with Crippen molar-refractivity contribution in [2.75, 3.05) is 13.1 Å². The molecule has 0 aliphatic carbocycles. The maximum absolute atomic E-state index is 12.3. The number of amides is 1. The summed E-state index contributed by atoms with van der Waals surface area (Å²) in [7, 11) is 0. The van der Waals surface area contributed by atoms with Crippen LogP contribution in [0.2, 0.25) is 0 Å². The Morgan fingerprint density at radius 2 is 1.86 bits per heavy atom. The van der Waals surface area contributed by atoms with Gasteiger partial charge in [-0.25, -0.2) is 4.79 Å². The van der Waals surface area contributed by atoms with Gasteiger partial charge < -0.3 is 14.7 Å². The van der Waals surface area contributed by atoms with Gasteiger partial charge in [0.15, 0.2) is 6.10 Å². The summed E-state index contributed by atoms with van der Waals surface area (Å²) in [6, 6.07) is 6.27. The molecule has 1 N–H and O–H groups in total. The van der Waals surface area contributed by atoms with Crippen LogP contribution in [0.3, 0.4) is 0 Å². The van der Waals surface area contributed by atoms with Gasteiger partial charge in [0.25, 0.3) is 0 Å². The minimum Gasteiger partial charge on any atom is -0.479 e. The van der Waals surface area contributed by atoms with Crippen LogP contribution < -0.4 is 0 Å². The molecule has 1 saturated heterocycles. The highest BCUT2D eigenvalue weighted by Gasteiger charge is 2.32. The van der Waals surface area contributed by atoms with Gasteiger partial charge in [0.2, 0.25) is 5.91 Å². The van der Waals surface area contributed by atoms with Crippen LogP contribution in [0, 0.1) is 13.8 Å². The first-order valence-corrected chi connectivity index (χ1v) is 7.58. The maximum atomic E-state index is 12.3. The number of benzene rings is 1. The summed E-state index contributed by atoms with van der Waals surface area (Å²) >= 11 is 0. The Morgan fingerprint density at radius 1 is 1.23 bits per heavy atom. The normalized spacial score (nSPS) is 21.7. The largest absolute Gasteiger partial charge is 0.479 e. The van der Waals surface area contributed by atoms with Crippen molar-refractivity contribution in [1.82, 2.24) is 4.90 Å². The Morgan fingerprint density at radius 3 is 2.45 bits per heavy atom. The molecule has 2 rings (SSSR count). The van der Waals surface area contributed by atoms with E-state index in [2.05, 4.69) is 18.2 Å². The van der Waals surface area contributed by atoms with Gasteiger partial charge in [-0.2, -0.15) is 0 Å². The zero-order valence-electron chi connectivity index (χ0n) is 13.3. The van der Waals surface area contributed by atoms with Crippen molar-refractivity contribution in [3.63, 3.8) is 0 Å². The number of aryl methyl sites for hydroxylation is 3. The van der Waals surface area contributed by atoms with E-state index in [-0.39, 0.29) is 18.6 Å². The number of carbonyl (C=O) groups is 2. The van der Waals surface area contributed by atoms with Gasteiger partial charge in [0.05, 0.1) is 12.6 Å². The molecule has 1 amide bonds. The quantitative estimate of drug-likeness (QED) is 0.923. The number of morpholine rings is 1. The van der Waals surface area contributed by atoms with Crippen molar-refractivity contribution >= 4 is 11.9 Å². The molecule has 5 nitrogen and oxygen atoms in total. The molecule has 0 spiro atoms. The molecule has 22 heavy (non-hydrogen) atoms. The van der Waals surface area contributed by atoms with Gasteiger partial charge in [-0.15, -0.1) is 0 Å². The Hall–Kier alpha value is -1.88. The average molecular weight is 305 g/mol. The lowest BCUT2D eigenvalue weighted by molar-refractivity contribution is -0.166. The van der Waals surface area contributed by atoms with E-state index in [1.54, 1.807) is 11.8 Å². The Balaban J connectivity index is 1.95. The minimum atomic E-state index is -1.02. The number of carboxylic acids is 1. The molecule has 5 heteroatoms. The third-order valence-electron chi connectivity index (χ3n) is 3.80. The molecule has 120 valence electrons. The summed E-state index contributed by atoms with van der Waals surface area (Å²) in [6.07, 6.45) is -0.110. The molecule has 1 aliphatic rings. The fourth-order valence-corrected chi connectivity index (χ4v) is 2.91. The zero-order chi connectivity index (χ0) is 16.3. The van der Waals surface area contributed by atoms with E-state index in [1.165, 1.54) is 11.1 Å². The molecule has 2 atom stereocenters. The van der Waals surface area contributed by atoms with Gasteiger partial charge in [-0.05, 0) is 32.8 Å². The zero-order valence-corrected chi connectivity index (χ0v) is 13.3. The Labute approximate surface area is 130 Å². The highest BCUT2D eigenvalue weighted by Crippen LogP contribution is 2.15. The molecule has 0 bridgehead atoms. The molecule has 1 unspecified atom stereocenters. The van der Waals surface area contributed by atoms with Crippen LogP contribution in [0.15, 0.2) is 18.2 Å². The predicted molar refractivity (Wildman–Crippen MR) is 82.8 cm³/mol. The summed E-state index contributed by atoms with van der Waals surface area (Å²) in [4.78, 5) is 25.0. The Bertz CT molecular complexity index is 550. The molecule has 1 aromatic carbocycles. The van der Waals surface area contributed by atoms with Crippen molar-refractivity contribution in [3.05, 3.63) is 34.9 Å². The molecule has 0 saturated carbocycles. The summed E-state index contributed by atoms with van der Waals surface area (Å²) in [5, 5.41) is 9.06. The highest BCUT2D eigenvalue weighted by atomic mass is 16.5. The molecule has 1 aliphatic heterocycles. The van der Waals surface area contributed by atoms with Crippen molar-refractivity contribution in [2.24, 2.45) is 0 Å². The van der Waals surface area contributed by atoms with Gasteiger partial charge >= 0.3 is 5.97 Å². The van der Waals surface area contributed by atoms with Gasteiger partial charge in [-0.1, -0.05) is 29.3 Å². The van der Waals surface area contributed by atoms with E-state index in [1.807, 2.05) is 13.8 Å². The van der Waals surface area contributed by atoms with Crippen molar-refractivity contribution < 1.29 is 19.4 Å². The molecular formula is C17H23NO4. The fourth-order valence-electron chi connectivity index (χ4n) is 2.91. The molecule has 1 heterocycles. The predicted octanol–water partition coefficient (Wildman–Crippen LogP) is 1.94. The first-order chi connectivity index (χ1) is 10.3. The topological polar surface area (TPSA) is 66.8 Å². The van der Waals surface area contributed by atoms with E-state index in [0.717, 1.165) is 5.56 Å². The van der Waals surface area contributed by atoms with Crippen LogP contribution in [0.4, 0.5) is 0 Å². The number of ether oxygens (including phenoxy) is 1. The van der Waals surface area contributed by atoms with Crippen LogP contribution >= 0.6 is 0 Å². The second-order valence-electron chi connectivity index (χ2n) is 6.07. The molecule has 1 fully saturated rings. The number of nitrogens with zero attached hydrogens (tertiary/aromatic N) is 1. The summed E-state index contributed by atoms with van der Waals surface area (Å²) in [5.41, 5.74) is 3.52. The second-order valence-corrected chi connectivity index (χ2v) is 6.07. The highest BCUT2D eigenvalue weighted by molar-refractivity contribution is 5.79. The molecular weight excluding hydrogens is 282 g/mol. The van der Waals surface area contributed by atoms with Crippen molar-refractivity contribution in [2.45, 2.75) is 45.8 Å². The molecule has 0 radical (unpaired) electrons. The van der Waals surface area contributed by atoms with Crippen LogP contribution in [-0.4, -0.2) is 47.2 Å². The van der Waals surface area contributed by atoms with E-state index >= 15 is 0 Å². The number of carboxylic acid groups (broad SMARTS) is 1. The van der Waals surface area contributed by atoms with E-state index in [0.29, 0.717) is 19.4 Å². The first-order valence-electron chi connectivity index (χ1n) is 7.58. The number of aliphatic carboxylic acids is 1. The number of carbonyl (C=O) groups excluding carboxylic acids is 1. The van der Waals surface area contributed by atoms with Crippen molar-refractivity contribution in [1.29, 1.82) is 0 Å². The lowest BCUT2D eigenvalue weighted by atomic mass is 10.0. The number of hydrogen-bond acceptors (Lipinski definition) is 3. The van der Waals surface area contributed by atoms with E-state index in [4.69, 9.17) is 9.84 Å². The third-order valence-corrected chi connectivity index (χ3v) is 3.80. The lowest BCUT2D eigenvalue weighted by Crippen LogP contribution is -2.51. The van der Waals surface area contributed by atoms with Crippen LogP contribution in [-0.2, 0) is 20.7 Å². The van der Waals surface area contributed by atoms with Crippen molar-refractivity contribution in [3.8, 4) is 0 Å². The third kappa shape index (κ3) is 4.31. The van der Waals surface area contributed by atoms with Crippen LogP contribution in [0.5, 0.6) is 0 Å². The summed E-state index contributed by atoms with van der Waals surface area (Å²) < 4.78 is 5.33. The smallest absolute Gasteiger partial charge is 0.334 e. The fraction of sp³-hybridized carbons (Fsp3) is 0.529. The molecule has 1 aromatic rings. The van der Waals surface area contributed by atoms with Gasteiger partial charge in [-0.3, -0.25) is 4.79 Å². The SMILES string of the molecule is Cc1cc(C)cc(CCC(=O)N2CC(C(=O)O)O[C@H](C)C2)c1. The molecule has 0 aromatic heterocycles. The average Bonchev–Trinajstić information content (AvgIpc) is 2.43. The number of rotatable bonds is 4. The van der Waals surface area contributed by atoms with Gasteiger partial charge in [0.1, 0.15) is 0 Å². The second kappa shape index (κ2) is 6.92. The van der Waals surface area contributed by atoms with E-state index in [9.17, 15) is 9.59 Å². The van der Waals surface area contributed by atoms with E-state index < -0.39 is 12.1 Å². The van der Waals surface area contributed by atoms with Gasteiger partial charge in [0, 0.05) is 13.0 Å². The Kier molecular flexibility index (Phi) is 5.19. The monoisotopic (exact) mass is 305 g/mol.